The molecule has 0 aliphatic rings. The smallest absolute Gasteiger partial charge is 0.0766 e. The lowest BCUT2D eigenvalue weighted by Crippen LogP contribution is -2.42. The molecule has 0 spiro atoms. The molecule has 0 aromatic heterocycles. The van der Waals surface area contributed by atoms with E-state index in [-0.39, 0.29) is 0 Å². The maximum atomic E-state index is 10.0. The first kappa shape index (κ1) is 14.9. The molecule has 0 heterocycles. The fraction of sp³-hybridized carbons (Fsp3) is 1.00. The summed E-state index contributed by atoms with van der Waals surface area (Å²) >= 11 is 0. The van der Waals surface area contributed by atoms with Crippen molar-refractivity contribution in [1.29, 1.82) is 0 Å². The quantitative estimate of drug-likeness (QED) is 0.573. The molecule has 0 aromatic carbocycles. The summed E-state index contributed by atoms with van der Waals surface area (Å²) in [6, 6.07) is 0. The van der Waals surface area contributed by atoms with Gasteiger partial charge in [0.05, 0.1) is 5.60 Å². The Morgan fingerprint density at radius 3 is 2.00 bits per heavy atom. The molecule has 0 fully saturated rings. The van der Waals surface area contributed by atoms with E-state index in [4.69, 9.17) is 0 Å². The molecule has 3 heteroatoms. The standard InChI is InChI=1S/C12H28N2O/c1-5-12(15,6-2)11-13-9-10-14(7-3)8-4/h13,15H,5-11H2,1-4H3. The van der Waals surface area contributed by atoms with E-state index < -0.39 is 5.60 Å². The summed E-state index contributed by atoms with van der Waals surface area (Å²) in [5.74, 6) is 0. The molecule has 0 bridgehead atoms. The topological polar surface area (TPSA) is 35.5 Å². The molecule has 2 N–H and O–H groups in total. The van der Waals surface area contributed by atoms with Crippen LogP contribution in [0.1, 0.15) is 40.5 Å². The van der Waals surface area contributed by atoms with Crippen LogP contribution in [-0.4, -0.2) is 48.3 Å². The van der Waals surface area contributed by atoms with E-state index in [2.05, 4.69) is 24.1 Å². The second-order valence-electron chi connectivity index (χ2n) is 4.14. The molecular formula is C12H28N2O. The maximum absolute atomic E-state index is 10.0. The van der Waals surface area contributed by atoms with Crippen molar-refractivity contribution in [2.75, 3.05) is 32.7 Å². The predicted molar refractivity (Wildman–Crippen MR) is 66.2 cm³/mol. The third-order valence-electron chi connectivity index (χ3n) is 3.27. The van der Waals surface area contributed by atoms with Crippen molar-refractivity contribution in [2.24, 2.45) is 0 Å². The van der Waals surface area contributed by atoms with Gasteiger partial charge in [0, 0.05) is 19.6 Å². The largest absolute Gasteiger partial charge is 0.389 e. The van der Waals surface area contributed by atoms with E-state index in [9.17, 15) is 5.11 Å². The summed E-state index contributed by atoms with van der Waals surface area (Å²) in [6.45, 7) is 13.4. The molecule has 15 heavy (non-hydrogen) atoms. The summed E-state index contributed by atoms with van der Waals surface area (Å²) in [7, 11) is 0. The molecule has 0 atom stereocenters. The molecule has 0 saturated heterocycles. The number of hydrogen-bond donors (Lipinski definition) is 2. The van der Waals surface area contributed by atoms with E-state index in [1.807, 2.05) is 13.8 Å². The van der Waals surface area contributed by atoms with Gasteiger partial charge in [0.2, 0.25) is 0 Å². The highest BCUT2D eigenvalue weighted by molar-refractivity contribution is 4.77. The Kier molecular flexibility index (Phi) is 8.02. The predicted octanol–water partition coefficient (Wildman–Crippen LogP) is 1.47. The molecule has 0 aliphatic heterocycles. The lowest BCUT2D eigenvalue weighted by molar-refractivity contribution is 0.0322. The van der Waals surface area contributed by atoms with E-state index in [0.717, 1.165) is 39.0 Å². The minimum atomic E-state index is -0.511. The molecule has 92 valence electrons. The van der Waals surface area contributed by atoms with Crippen LogP contribution >= 0.6 is 0 Å². The molecule has 0 radical (unpaired) electrons. The van der Waals surface area contributed by atoms with Crippen LogP contribution in [-0.2, 0) is 0 Å². The van der Waals surface area contributed by atoms with E-state index in [1.54, 1.807) is 0 Å². The average molecular weight is 216 g/mol. The van der Waals surface area contributed by atoms with E-state index >= 15 is 0 Å². The molecule has 0 amide bonds. The molecule has 0 rings (SSSR count). The van der Waals surface area contributed by atoms with Crippen LogP contribution in [0.15, 0.2) is 0 Å². The zero-order valence-electron chi connectivity index (χ0n) is 10.8. The Morgan fingerprint density at radius 1 is 1.07 bits per heavy atom. The first-order valence-corrected chi connectivity index (χ1v) is 6.27. The summed E-state index contributed by atoms with van der Waals surface area (Å²) in [5.41, 5.74) is -0.511. The van der Waals surface area contributed by atoms with Gasteiger partial charge in [-0.3, -0.25) is 0 Å². The number of nitrogens with zero attached hydrogens (tertiary/aromatic N) is 1. The van der Waals surface area contributed by atoms with Gasteiger partial charge in [-0.25, -0.2) is 0 Å². The van der Waals surface area contributed by atoms with Gasteiger partial charge in [-0.2, -0.15) is 0 Å². The molecular weight excluding hydrogens is 188 g/mol. The molecule has 0 unspecified atom stereocenters. The highest BCUT2D eigenvalue weighted by Gasteiger charge is 2.20. The Hall–Kier alpha value is -0.120. The van der Waals surface area contributed by atoms with Gasteiger partial charge in [-0.15, -0.1) is 0 Å². The maximum Gasteiger partial charge on any atom is 0.0766 e. The third kappa shape index (κ3) is 6.13. The van der Waals surface area contributed by atoms with Gasteiger partial charge in [-0.05, 0) is 25.9 Å². The Balaban J connectivity index is 3.60. The fourth-order valence-electron chi connectivity index (χ4n) is 1.60. The third-order valence-corrected chi connectivity index (χ3v) is 3.27. The Bertz CT molecular complexity index is 143. The number of aliphatic hydroxyl groups is 1. The summed E-state index contributed by atoms with van der Waals surface area (Å²) < 4.78 is 0. The summed E-state index contributed by atoms with van der Waals surface area (Å²) in [4.78, 5) is 2.38. The minimum absolute atomic E-state index is 0.511. The van der Waals surface area contributed by atoms with Crippen LogP contribution in [0.3, 0.4) is 0 Å². The summed E-state index contributed by atoms with van der Waals surface area (Å²) in [5, 5.41) is 13.4. The molecule has 3 nitrogen and oxygen atoms in total. The van der Waals surface area contributed by atoms with Gasteiger partial charge in [0.15, 0.2) is 0 Å². The number of nitrogens with one attached hydrogen (secondary N) is 1. The fourth-order valence-corrected chi connectivity index (χ4v) is 1.60. The van der Waals surface area contributed by atoms with Crippen LogP contribution in [0.2, 0.25) is 0 Å². The number of hydrogen-bond acceptors (Lipinski definition) is 3. The van der Waals surface area contributed by atoms with Gasteiger partial charge in [0.1, 0.15) is 0 Å². The highest BCUT2D eigenvalue weighted by atomic mass is 16.3. The van der Waals surface area contributed by atoms with E-state index in [0.29, 0.717) is 6.54 Å². The number of rotatable bonds is 9. The highest BCUT2D eigenvalue weighted by Crippen LogP contribution is 2.12. The number of likely N-dealkylation sites (N-methyl/N-ethyl adjacent to an activating group) is 1. The van der Waals surface area contributed by atoms with Crippen molar-refractivity contribution in [3.05, 3.63) is 0 Å². The second-order valence-corrected chi connectivity index (χ2v) is 4.14. The van der Waals surface area contributed by atoms with Crippen molar-refractivity contribution < 1.29 is 5.11 Å². The molecule has 0 aliphatic carbocycles. The SMILES string of the molecule is CCN(CC)CCNCC(O)(CC)CC. The zero-order chi connectivity index (χ0) is 11.7. The van der Waals surface area contributed by atoms with Crippen LogP contribution in [0.5, 0.6) is 0 Å². The monoisotopic (exact) mass is 216 g/mol. The normalized spacial score (nSPS) is 12.4. The Morgan fingerprint density at radius 2 is 1.60 bits per heavy atom. The molecule has 0 saturated carbocycles. The lowest BCUT2D eigenvalue weighted by Gasteiger charge is -2.26. The van der Waals surface area contributed by atoms with Gasteiger partial charge >= 0.3 is 0 Å². The summed E-state index contributed by atoms with van der Waals surface area (Å²) in [6.07, 6.45) is 1.64. The van der Waals surface area contributed by atoms with Gasteiger partial charge in [0.25, 0.3) is 0 Å². The van der Waals surface area contributed by atoms with E-state index in [1.165, 1.54) is 0 Å². The van der Waals surface area contributed by atoms with Crippen LogP contribution in [0, 0.1) is 0 Å². The van der Waals surface area contributed by atoms with Gasteiger partial charge < -0.3 is 15.3 Å². The minimum Gasteiger partial charge on any atom is -0.389 e. The zero-order valence-corrected chi connectivity index (χ0v) is 10.8. The second kappa shape index (κ2) is 8.08. The molecule has 0 aromatic rings. The van der Waals surface area contributed by atoms with Gasteiger partial charge in [-0.1, -0.05) is 27.7 Å². The van der Waals surface area contributed by atoms with Crippen LogP contribution in [0.4, 0.5) is 0 Å². The van der Waals surface area contributed by atoms with Crippen molar-refractivity contribution in [3.63, 3.8) is 0 Å². The lowest BCUT2D eigenvalue weighted by atomic mass is 9.98. The van der Waals surface area contributed by atoms with Crippen molar-refractivity contribution in [2.45, 2.75) is 46.1 Å². The van der Waals surface area contributed by atoms with Crippen molar-refractivity contribution in [1.82, 2.24) is 10.2 Å². The van der Waals surface area contributed by atoms with Crippen LogP contribution < -0.4 is 5.32 Å². The van der Waals surface area contributed by atoms with Crippen molar-refractivity contribution >= 4 is 0 Å². The average Bonchev–Trinajstić information content (AvgIpc) is 2.29. The van der Waals surface area contributed by atoms with Crippen LogP contribution in [0.25, 0.3) is 0 Å². The Labute approximate surface area is 94.9 Å². The first-order valence-electron chi connectivity index (χ1n) is 6.27. The first-order chi connectivity index (χ1) is 7.11. The van der Waals surface area contributed by atoms with Crippen molar-refractivity contribution in [3.8, 4) is 0 Å².